The molecule has 3 fully saturated rings. The average Bonchev–Trinajstić information content (AvgIpc) is 2.74. The van der Waals surface area contributed by atoms with Crippen molar-refractivity contribution in [2.45, 2.75) is 44.0 Å². The summed E-state index contributed by atoms with van der Waals surface area (Å²) in [5, 5.41) is 20.7. The van der Waals surface area contributed by atoms with E-state index < -0.39 is 11.7 Å². The topological polar surface area (TPSA) is 66.8 Å². The number of hydrogen-bond donors (Lipinski definition) is 2. The Morgan fingerprint density at radius 2 is 2.11 bits per heavy atom. The monoisotopic (exact) mass is 264 g/mol. The van der Waals surface area contributed by atoms with E-state index in [4.69, 9.17) is 4.74 Å². The third kappa shape index (κ3) is 1.70. The fourth-order valence-electron chi connectivity index (χ4n) is 4.03. The second kappa shape index (κ2) is 3.93. The Kier molecular flexibility index (Phi) is 2.67. The van der Waals surface area contributed by atoms with E-state index in [1.54, 1.807) is 0 Å². The minimum absolute atomic E-state index is 0.0592. The minimum atomic E-state index is -0.859. The van der Waals surface area contributed by atoms with Crippen LogP contribution in [-0.2, 0) is 9.53 Å². The molecule has 3 aliphatic rings. The van der Waals surface area contributed by atoms with Gasteiger partial charge in [-0.15, -0.1) is 0 Å². The van der Waals surface area contributed by atoms with Crippen LogP contribution in [0.25, 0.3) is 0 Å². The van der Waals surface area contributed by atoms with E-state index in [1.165, 1.54) is 0 Å². The molecule has 1 saturated heterocycles. The Morgan fingerprint density at radius 3 is 2.79 bits per heavy atom. The molecule has 2 N–H and O–H groups in total. The van der Waals surface area contributed by atoms with Crippen molar-refractivity contribution >= 4 is 5.97 Å². The molecule has 104 valence electrons. The van der Waals surface area contributed by atoms with Gasteiger partial charge in [-0.05, 0) is 31.8 Å². The number of hydrogen-bond acceptors (Lipinski definition) is 4. The molecule has 0 radical (unpaired) electrons. The molecule has 4 nitrogen and oxygen atoms in total. The first-order chi connectivity index (χ1) is 8.83. The van der Waals surface area contributed by atoms with E-state index in [-0.39, 0.29) is 29.8 Å². The second-order valence-electron chi connectivity index (χ2n) is 6.36. The van der Waals surface area contributed by atoms with Crippen molar-refractivity contribution in [3.05, 3.63) is 24.3 Å². The summed E-state index contributed by atoms with van der Waals surface area (Å²) in [4.78, 5) is 11.7. The van der Waals surface area contributed by atoms with Gasteiger partial charge in [0, 0.05) is 23.3 Å². The number of ether oxygens (including phenoxy) is 1. The molecule has 19 heavy (non-hydrogen) atoms. The van der Waals surface area contributed by atoms with E-state index in [0.717, 1.165) is 0 Å². The van der Waals surface area contributed by atoms with Gasteiger partial charge in [0.15, 0.2) is 0 Å². The molecule has 2 aliphatic carbocycles. The molecule has 2 saturated carbocycles. The maximum atomic E-state index is 11.7. The van der Waals surface area contributed by atoms with Crippen molar-refractivity contribution in [1.29, 1.82) is 0 Å². The van der Waals surface area contributed by atoms with E-state index in [0.29, 0.717) is 30.4 Å². The average molecular weight is 264 g/mol. The van der Waals surface area contributed by atoms with Crippen LogP contribution in [0.15, 0.2) is 24.3 Å². The molecule has 0 aromatic rings. The van der Waals surface area contributed by atoms with Crippen LogP contribution in [0.1, 0.15) is 26.2 Å². The minimum Gasteiger partial charge on any atom is -0.458 e. The maximum absolute atomic E-state index is 11.7. The quantitative estimate of drug-likeness (QED) is 0.392. The predicted molar refractivity (Wildman–Crippen MR) is 69.1 cm³/mol. The summed E-state index contributed by atoms with van der Waals surface area (Å²) in [7, 11) is 0. The van der Waals surface area contributed by atoms with Crippen LogP contribution < -0.4 is 0 Å². The third-order valence-corrected chi connectivity index (χ3v) is 5.23. The number of esters is 1. The van der Waals surface area contributed by atoms with Gasteiger partial charge in [-0.2, -0.15) is 0 Å². The van der Waals surface area contributed by atoms with Gasteiger partial charge >= 0.3 is 5.97 Å². The summed E-state index contributed by atoms with van der Waals surface area (Å²) in [6, 6.07) is 0. The first-order valence-corrected chi connectivity index (χ1v) is 6.82. The van der Waals surface area contributed by atoms with Crippen LogP contribution in [0, 0.1) is 17.8 Å². The molecule has 0 amide bonds. The Labute approximate surface area is 112 Å². The van der Waals surface area contributed by atoms with E-state index >= 15 is 0 Å². The van der Waals surface area contributed by atoms with Crippen molar-refractivity contribution in [1.82, 2.24) is 0 Å². The highest BCUT2D eigenvalue weighted by Crippen LogP contribution is 2.53. The van der Waals surface area contributed by atoms with Gasteiger partial charge in [-0.25, -0.2) is 4.79 Å². The van der Waals surface area contributed by atoms with Gasteiger partial charge in [0.25, 0.3) is 0 Å². The van der Waals surface area contributed by atoms with Crippen LogP contribution in [0.4, 0.5) is 0 Å². The lowest BCUT2D eigenvalue weighted by Gasteiger charge is -2.33. The highest BCUT2D eigenvalue weighted by Gasteiger charge is 2.57. The lowest BCUT2D eigenvalue weighted by atomic mass is 9.78. The Bertz CT molecular complexity index is 465. The summed E-state index contributed by atoms with van der Waals surface area (Å²) < 4.78 is 5.46. The van der Waals surface area contributed by atoms with Crippen LogP contribution in [-0.4, -0.2) is 34.0 Å². The number of carbonyl (C=O) groups is 1. The van der Waals surface area contributed by atoms with E-state index in [1.807, 2.05) is 6.92 Å². The summed E-state index contributed by atoms with van der Waals surface area (Å²) in [5.74, 6) is -0.676. The van der Waals surface area contributed by atoms with Crippen LogP contribution in [0.3, 0.4) is 0 Å². The molecule has 0 aromatic carbocycles. The van der Waals surface area contributed by atoms with Gasteiger partial charge in [0.1, 0.15) is 6.10 Å². The molecule has 0 spiro atoms. The first-order valence-electron chi connectivity index (χ1n) is 6.82. The number of aliphatic hydroxyl groups is 2. The molecule has 0 aromatic heterocycles. The Hall–Kier alpha value is -1.13. The fraction of sp³-hybridized carbons (Fsp3) is 0.667. The van der Waals surface area contributed by atoms with Crippen molar-refractivity contribution in [3.63, 3.8) is 0 Å². The number of aliphatic hydroxyl groups excluding tert-OH is 1. The number of rotatable bonds is 0. The van der Waals surface area contributed by atoms with Crippen molar-refractivity contribution < 1.29 is 19.7 Å². The second-order valence-corrected chi connectivity index (χ2v) is 6.36. The lowest BCUT2D eigenvalue weighted by molar-refractivity contribution is -0.142. The van der Waals surface area contributed by atoms with Crippen molar-refractivity contribution in [2.24, 2.45) is 17.8 Å². The largest absolute Gasteiger partial charge is 0.458 e. The normalized spacial score (nSPS) is 49.6. The zero-order valence-corrected chi connectivity index (χ0v) is 11.1. The number of carbonyl (C=O) groups excluding carboxylic acids is 1. The van der Waals surface area contributed by atoms with E-state index in [2.05, 4.69) is 13.2 Å². The zero-order chi connectivity index (χ0) is 13.9. The SMILES string of the molecule is C=C1[C@@H]2[C@H]3OC(=O)C(=C)[C@@H]3CC[C@@](C)(O)[C@@H]2C[C@@H]1O. The van der Waals surface area contributed by atoms with Gasteiger partial charge in [-0.3, -0.25) is 0 Å². The van der Waals surface area contributed by atoms with Crippen LogP contribution in [0.5, 0.6) is 0 Å². The first kappa shape index (κ1) is 12.9. The van der Waals surface area contributed by atoms with Gasteiger partial charge in [0.05, 0.1) is 11.7 Å². The summed E-state index contributed by atoms with van der Waals surface area (Å²) in [6.07, 6.45) is 0.837. The molecular weight excluding hydrogens is 244 g/mol. The predicted octanol–water partition coefficient (Wildman–Crippen LogP) is 1.18. The lowest BCUT2D eigenvalue weighted by Crippen LogP contribution is -2.39. The summed E-state index contributed by atoms with van der Waals surface area (Å²) >= 11 is 0. The summed E-state index contributed by atoms with van der Waals surface area (Å²) in [6.45, 7) is 9.58. The molecule has 3 rings (SSSR count). The van der Waals surface area contributed by atoms with Crippen molar-refractivity contribution in [3.8, 4) is 0 Å². The molecule has 0 bridgehead atoms. The van der Waals surface area contributed by atoms with E-state index in [9.17, 15) is 15.0 Å². The number of fused-ring (bicyclic) bond motifs is 3. The third-order valence-electron chi connectivity index (χ3n) is 5.23. The van der Waals surface area contributed by atoms with Gasteiger partial charge in [0.2, 0.25) is 0 Å². The van der Waals surface area contributed by atoms with Crippen LogP contribution in [0.2, 0.25) is 0 Å². The van der Waals surface area contributed by atoms with Gasteiger partial charge in [-0.1, -0.05) is 13.2 Å². The highest BCUT2D eigenvalue weighted by molar-refractivity contribution is 5.90. The smallest absolute Gasteiger partial charge is 0.334 e. The summed E-state index contributed by atoms with van der Waals surface area (Å²) in [5.41, 5.74) is 0.322. The fourth-order valence-corrected chi connectivity index (χ4v) is 4.03. The molecule has 1 aliphatic heterocycles. The Morgan fingerprint density at radius 1 is 1.42 bits per heavy atom. The maximum Gasteiger partial charge on any atom is 0.334 e. The molecule has 1 heterocycles. The van der Waals surface area contributed by atoms with Crippen molar-refractivity contribution in [2.75, 3.05) is 0 Å². The highest BCUT2D eigenvalue weighted by atomic mass is 16.6. The molecule has 6 atom stereocenters. The Balaban J connectivity index is 2.03. The van der Waals surface area contributed by atoms with Gasteiger partial charge < -0.3 is 14.9 Å². The van der Waals surface area contributed by atoms with Crippen LogP contribution >= 0.6 is 0 Å². The molecule has 4 heteroatoms. The standard InChI is InChI=1S/C15H20O4/c1-7-9-4-5-15(3,18)10-6-11(16)8(2)12(10)13(9)19-14(7)17/h9-13,16,18H,1-2,4-6H2,3H3/t9-,10+,11-,12-,13-,15+/m0/s1. The zero-order valence-electron chi connectivity index (χ0n) is 11.1. The molecule has 0 unspecified atom stereocenters. The molecular formula is C15H20O4.